The van der Waals surface area contributed by atoms with Crippen LogP contribution < -0.4 is 5.32 Å². The second kappa shape index (κ2) is 7.58. The zero-order valence-electron chi connectivity index (χ0n) is 9.91. The molecule has 0 atom stereocenters. The second-order valence-electron chi connectivity index (χ2n) is 4.05. The summed E-state index contributed by atoms with van der Waals surface area (Å²) in [5, 5.41) is 3.37. The maximum atomic E-state index is 4.39. The van der Waals surface area contributed by atoms with Crippen molar-refractivity contribution in [3.8, 4) is 0 Å². The summed E-state index contributed by atoms with van der Waals surface area (Å²) in [5.41, 5.74) is 1.15. The van der Waals surface area contributed by atoms with E-state index in [1.165, 1.54) is 0 Å². The van der Waals surface area contributed by atoms with Crippen molar-refractivity contribution < 1.29 is 0 Å². The maximum Gasteiger partial charge on any atom is 0.0401 e. The normalized spacial score (nSPS) is 11.5. The van der Waals surface area contributed by atoms with Crippen LogP contribution in [0.3, 0.4) is 0 Å². The third-order valence-corrected chi connectivity index (χ3v) is 2.66. The first kappa shape index (κ1) is 13.4. The second-order valence-corrected chi connectivity index (χ2v) is 4.96. The van der Waals surface area contributed by atoms with E-state index < -0.39 is 0 Å². The van der Waals surface area contributed by atoms with Crippen molar-refractivity contribution in [2.24, 2.45) is 4.99 Å². The fourth-order valence-electron chi connectivity index (χ4n) is 1.28. The van der Waals surface area contributed by atoms with Gasteiger partial charge in [-0.25, -0.2) is 0 Å². The summed E-state index contributed by atoms with van der Waals surface area (Å²) in [7, 11) is 0. The summed E-state index contributed by atoms with van der Waals surface area (Å²) in [6.45, 7) is 6.24. The van der Waals surface area contributed by atoms with Gasteiger partial charge >= 0.3 is 0 Å². The van der Waals surface area contributed by atoms with Gasteiger partial charge in [0.25, 0.3) is 0 Å². The van der Waals surface area contributed by atoms with Crippen LogP contribution in [0.4, 0.5) is 0 Å². The van der Waals surface area contributed by atoms with E-state index in [-0.39, 0.29) is 0 Å². The lowest BCUT2D eigenvalue weighted by molar-refractivity contribution is 0.575. The van der Waals surface area contributed by atoms with Crippen molar-refractivity contribution in [1.29, 1.82) is 0 Å². The van der Waals surface area contributed by atoms with Crippen molar-refractivity contribution in [3.63, 3.8) is 0 Å². The summed E-state index contributed by atoms with van der Waals surface area (Å²) < 4.78 is 1.10. The van der Waals surface area contributed by atoms with Crippen LogP contribution in [0.1, 0.15) is 25.8 Å². The van der Waals surface area contributed by atoms with Crippen LogP contribution in [-0.4, -0.2) is 25.3 Å². The third kappa shape index (κ3) is 6.03. The topological polar surface area (TPSA) is 24.4 Å². The van der Waals surface area contributed by atoms with E-state index in [1.54, 1.807) is 0 Å². The predicted molar refractivity (Wildman–Crippen MR) is 74.4 cm³/mol. The lowest BCUT2D eigenvalue weighted by Crippen LogP contribution is -2.24. The predicted octanol–water partition coefficient (Wildman–Crippen LogP) is 3.26. The molecule has 0 saturated carbocycles. The molecule has 0 aliphatic heterocycles. The molecule has 0 heterocycles. The van der Waals surface area contributed by atoms with Crippen LogP contribution in [0, 0.1) is 0 Å². The van der Waals surface area contributed by atoms with Gasteiger partial charge in [-0.1, -0.05) is 41.9 Å². The molecule has 88 valence electrons. The monoisotopic (exact) mass is 282 g/mol. The van der Waals surface area contributed by atoms with Crippen LogP contribution in [0.15, 0.2) is 33.7 Å². The number of halogens is 1. The number of aliphatic imine (C=N–C) groups is 1. The molecule has 16 heavy (non-hydrogen) atoms. The van der Waals surface area contributed by atoms with Gasteiger partial charge in [-0.15, -0.1) is 0 Å². The molecule has 1 aromatic rings. The Hall–Kier alpha value is -0.670. The van der Waals surface area contributed by atoms with Crippen LogP contribution in [-0.2, 0) is 0 Å². The molecule has 0 fully saturated rings. The van der Waals surface area contributed by atoms with E-state index in [2.05, 4.69) is 52.2 Å². The highest BCUT2D eigenvalue weighted by Crippen LogP contribution is 2.08. The summed E-state index contributed by atoms with van der Waals surface area (Å²) in [4.78, 5) is 4.39. The Morgan fingerprint density at radius 3 is 2.62 bits per heavy atom. The highest BCUT2D eigenvalue weighted by molar-refractivity contribution is 9.10. The van der Waals surface area contributed by atoms with Crippen LogP contribution in [0.5, 0.6) is 0 Å². The van der Waals surface area contributed by atoms with Crippen molar-refractivity contribution in [1.82, 2.24) is 5.32 Å². The molecule has 1 aromatic carbocycles. The van der Waals surface area contributed by atoms with Crippen LogP contribution in [0.25, 0.3) is 0 Å². The molecule has 1 rings (SSSR count). The molecule has 0 aliphatic rings. The first-order chi connectivity index (χ1) is 7.68. The van der Waals surface area contributed by atoms with Crippen LogP contribution >= 0.6 is 15.9 Å². The average molecular weight is 283 g/mol. The van der Waals surface area contributed by atoms with Gasteiger partial charge in [0.2, 0.25) is 0 Å². The lowest BCUT2D eigenvalue weighted by atomic mass is 10.2. The minimum absolute atomic E-state index is 0.565. The number of hydrogen-bond acceptors (Lipinski definition) is 2. The molecular weight excluding hydrogens is 264 g/mol. The smallest absolute Gasteiger partial charge is 0.0401 e. The van der Waals surface area contributed by atoms with Gasteiger partial charge in [-0.05, 0) is 30.7 Å². The molecule has 0 spiro atoms. The van der Waals surface area contributed by atoms with Crippen molar-refractivity contribution in [3.05, 3.63) is 34.3 Å². The van der Waals surface area contributed by atoms with Gasteiger partial charge < -0.3 is 5.32 Å². The van der Waals surface area contributed by atoms with Gasteiger partial charge in [0, 0.05) is 23.3 Å². The molecular formula is C13H19BrN2. The number of hydrogen-bond donors (Lipinski definition) is 1. The molecule has 0 saturated heterocycles. The van der Waals surface area contributed by atoms with E-state index in [4.69, 9.17) is 0 Å². The largest absolute Gasteiger partial charge is 0.314 e. The van der Waals surface area contributed by atoms with Gasteiger partial charge in [-0.3, -0.25) is 4.99 Å². The SMILES string of the molecule is CC(C)NCCCN=Cc1ccc(Br)cc1. The number of rotatable bonds is 6. The summed E-state index contributed by atoms with van der Waals surface area (Å²) in [6, 6.07) is 8.74. The van der Waals surface area contributed by atoms with Gasteiger partial charge in [0.05, 0.1) is 0 Å². The molecule has 0 aromatic heterocycles. The zero-order valence-corrected chi connectivity index (χ0v) is 11.5. The number of benzene rings is 1. The van der Waals surface area contributed by atoms with Gasteiger partial charge in [0.1, 0.15) is 0 Å². The maximum absolute atomic E-state index is 4.39. The Morgan fingerprint density at radius 1 is 1.31 bits per heavy atom. The Morgan fingerprint density at radius 2 is 2.00 bits per heavy atom. The highest BCUT2D eigenvalue weighted by Gasteiger charge is 1.91. The standard InChI is InChI=1S/C13H19BrN2/c1-11(2)16-9-3-8-15-10-12-4-6-13(14)7-5-12/h4-7,10-11,16H,3,8-9H2,1-2H3. The van der Waals surface area contributed by atoms with E-state index in [9.17, 15) is 0 Å². The first-order valence-corrected chi connectivity index (χ1v) is 6.46. The molecule has 0 bridgehead atoms. The molecule has 0 radical (unpaired) electrons. The fourth-order valence-corrected chi connectivity index (χ4v) is 1.54. The Balaban J connectivity index is 2.19. The van der Waals surface area contributed by atoms with Gasteiger partial charge in [0.15, 0.2) is 0 Å². The minimum Gasteiger partial charge on any atom is -0.314 e. The quantitative estimate of drug-likeness (QED) is 0.629. The average Bonchev–Trinajstić information content (AvgIpc) is 2.25. The van der Waals surface area contributed by atoms with E-state index in [0.29, 0.717) is 6.04 Å². The number of nitrogens with zero attached hydrogens (tertiary/aromatic N) is 1. The van der Waals surface area contributed by atoms with Crippen LogP contribution in [0.2, 0.25) is 0 Å². The molecule has 3 heteroatoms. The van der Waals surface area contributed by atoms with E-state index in [0.717, 1.165) is 29.5 Å². The molecule has 2 nitrogen and oxygen atoms in total. The number of nitrogens with one attached hydrogen (secondary N) is 1. The molecule has 1 N–H and O–H groups in total. The molecule has 0 amide bonds. The Labute approximate surface area is 106 Å². The zero-order chi connectivity index (χ0) is 11.8. The molecule has 0 aliphatic carbocycles. The minimum atomic E-state index is 0.565. The van der Waals surface area contributed by atoms with Gasteiger partial charge in [-0.2, -0.15) is 0 Å². The highest BCUT2D eigenvalue weighted by atomic mass is 79.9. The van der Waals surface area contributed by atoms with E-state index in [1.807, 2.05) is 18.3 Å². The lowest BCUT2D eigenvalue weighted by Gasteiger charge is -2.05. The van der Waals surface area contributed by atoms with Crippen molar-refractivity contribution >= 4 is 22.1 Å². The summed E-state index contributed by atoms with van der Waals surface area (Å²) in [6.07, 6.45) is 3.02. The Kier molecular flexibility index (Phi) is 6.34. The van der Waals surface area contributed by atoms with E-state index >= 15 is 0 Å². The Bertz CT molecular complexity index is 317. The summed E-state index contributed by atoms with van der Waals surface area (Å²) >= 11 is 3.41. The first-order valence-electron chi connectivity index (χ1n) is 5.67. The molecule has 0 unspecified atom stereocenters. The van der Waals surface area contributed by atoms with Crippen molar-refractivity contribution in [2.45, 2.75) is 26.3 Å². The summed E-state index contributed by atoms with van der Waals surface area (Å²) in [5.74, 6) is 0. The third-order valence-electron chi connectivity index (χ3n) is 2.13. The fraction of sp³-hybridized carbons (Fsp3) is 0.462. The van der Waals surface area contributed by atoms with Crippen molar-refractivity contribution in [2.75, 3.05) is 13.1 Å².